The van der Waals surface area contributed by atoms with Crippen molar-refractivity contribution >= 4 is 0 Å². The first-order valence-electron chi connectivity index (χ1n) is 8.42. The molecule has 3 atom stereocenters. The van der Waals surface area contributed by atoms with Crippen molar-refractivity contribution in [2.45, 2.75) is 30.8 Å². The maximum Gasteiger partial charge on any atom is 0.330 e. The molecule has 0 aliphatic carbocycles. The standard InChI is InChI=1S/C18H22N2O7/c1-25-13-4-3-11(7-14(13)26-2)8-18(9-12(22)15(10-21)27-18)20-6-5-16(23)19-17(20)24/h3-7,12,15,21-22H,8-10H2,1-2H3,(H,19,23,24)/t12-,15+,18+/m0/s1. The van der Waals surface area contributed by atoms with E-state index in [4.69, 9.17) is 14.2 Å². The van der Waals surface area contributed by atoms with Crippen LogP contribution in [0, 0.1) is 0 Å². The summed E-state index contributed by atoms with van der Waals surface area (Å²) in [7, 11) is 3.04. The van der Waals surface area contributed by atoms with E-state index in [1.165, 1.54) is 31.0 Å². The van der Waals surface area contributed by atoms with Crippen LogP contribution in [0.2, 0.25) is 0 Å². The molecular formula is C18H22N2O7. The second-order valence-electron chi connectivity index (χ2n) is 6.40. The Morgan fingerprint density at radius 3 is 2.59 bits per heavy atom. The number of rotatable bonds is 6. The Morgan fingerprint density at radius 2 is 2.00 bits per heavy atom. The molecule has 0 unspecified atom stereocenters. The second kappa shape index (κ2) is 7.55. The molecule has 1 fully saturated rings. The first kappa shape index (κ1) is 19.2. The number of aliphatic hydroxyl groups is 2. The third kappa shape index (κ3) is 3.61. The van der Waals surface area contributed by atoms with E-state index in [1.54, 1.807) is 18.2 Å². The van der Waals surface area contributed by atoms with E-state index < -0.39 is 35.8 Å². The Balaban J connectivity index is 2.06. The van der Waals surface area contributed by atoms with E-state index in [2.05, 4.69) is 4.98 Å². The molecule has 2 heterocycles. The number of aromatic amines is 1. The number of nitrogens with one attached hydrogen (secondary N) is 1. The lowest BCUT2D eigenvalue weighted by Gasteiger charge is -2.31. The predicted molar refractivity (Wildman–Crippen MR) is 95.1 cm³/mol. The third-order valence-electron chi connectivity index (χ3n) is 4.70. The zero-order valence-electron chi connectivity index (χ0n) is 15.0. The van der Waals surface area contributed by atoms with E-state index in [0.717, 1.165) is 5.56 Å². The van der Waals surface area contributed by atoms with Crippen LogP contribution in [0.4, 0.5) is 0 Å². The Kier molecular flexibility index (Phi) is 5.36. The van der Waals surface area contributed by atoms with Gasteiger partial charge >= 0.3 is 5.69 Å². The normalized spacial score (nSPS) is 24.7. The molecule has 146 valence electrons. The Hall–Kier alpha value is -2.62. The van der Waals surface area contributed by atoms with Gasteiger partial charge in [-0.05, 0) is 17.7 Å². The van der Waals surface area contributed by atoms with E-state index in [-0.39, 0.29) is 12.8 Å². The zero-order valence-corrected chi connectivity index (χ0v) is 15.0. The molecule has 1 saturated heterocycles. The van der Waals surface area contributed by atoms with Crippen LogP contribution in [0.3, 0.4) is 0 Å². The van der Waals surface area contributed by atoms with Crippen LogP contribution in [0.25, 0.3) is 0 Å². The van der Waals surface area contributed by atoms with Crippen LogP contribution >= 0.6 is 0 Å². The summed E-state index contributed by atoms with van der Waals surface area (Å²) in [5.41, 5.74) is -1.70. The molecule has 0 amide bonds. The molecule has 27 heavy (non-hydrogen) atoms. The number of hydrogen-bond acceptors (Lipinski definition) is 7. The van der Waals surface area contributed by atoms with E-state index in [1.807, 2.05) is 0 Å². The van der Waals surface area contributed by atoms with Gasteiger partial charge in [0.1, 0.15) is 6.10 Å². The minimum atomic E-state index is -1.27. The second-order valence-corrected chi connectivity index (χ2v) is 6.40. The van der Waals surface area contributed by atoms with Crippen LogP contribution in [0.15, 0.2) is 40.1 Å². The molecule has 9 heteroatoms. The molecule has 3 N–H and O–H groups in total. The minimum absolute atomic E-state index is 0.0680. The number of methoxy groups -OCH3 is 2. The van der Waals surface area contributed by atoms with Gasteiger partial charge < -0.3 is 24.4 Å². The molecule has 1 aliphatic rings. The van der Waals surface area contributed by atoms with Gasteiger partial charge in [-0.25, -0.2) is 4.79 Å². The molecule has 3 rings (SSSR count). The molecule has 2 aromatic rings. The molecule has 0 spiro atoms. The Bertz CT molecular complexity index is 922. The van der Waals surface area contributed by atoms with Crippen molar-refractivity contribution in [3.8, 4) is 11.5 Å². The fourth-order valence-corrected chi connectivity index (χ4v) is 3.43. The predicted octanol–water partition coefficient (Wildman–Crippen LogP) is -0.409. The first-order valence-corrected chi connectivity index (χ1v) is 8.42. The highest BCUT2D eigenvalue weighted by molar-refractivity contribution is 5.43. The van der Waals surface area contributed by atoms with Crippen LogP contribution in [-0.2, 0) is 16.9 Å². The van der Waals surface area contributed by atoms with Crippen molar-refractivity contribution in [3.05, 3.63) is 56.9 Å². The average Bonchev–Trinajstić information content (AvgIpc) is 2.97. The van der Waals surface area contributed by atoms with Crippen LogP contribution < -0.4 is 20.7 Å². The lowest BCUT2D eigenvalue weighted by atomic mass is 9.97. The fourth-order valence-electron chi connectivity index (χ4n) is 3.43. The molecular weight excluding hydrogens is 356 g/mol. The lowest BCUT2D eigenvalue weighted by Crippen LogP contribution is -2.45. The van der Waals surface area contributed by atoms with Gasteiger partial charge in [0, 0.05) is 25.1 Å². The molecule has 0 bridgehead atoms. The highest BCUT2D eigenvalue weighted by Crippen LogP contribution is 2.38. The summed E-state index contributed by atoms with van der Waals surface area (Å²) in [4.78, 5) is 26.0. The van der Waals surface area contributed by atoms with Crippen LogP contribution in [-0.4, -0.2) is 52.8 Å². The number of hydrogen-bond donors (Lipinski definition) is 3. The van der Waals surface area contributed by atoms with Crippen molar-refractivity contribution in [1.82, 2.24) is 9.55 Å². The number of benzene rings is 1. The monoisotopic (exact) mass is 378 g/mol. The van der Waals surface area contributed by atoms with Crippen molar-refractivity contribution in [2.75, 3.05) is 20.8 Å². The van der Waals surface area contributed by atoms with Gasteiger partial charge in [0.05, 0.1) is 26.9 Å². The van der Waals surface area contributed by atoms with Crippen molar-refractivity contribution in [2.24, 2.45) is 0 Å². The van der Waals surface area contributed by atoms with Gasteiger partial charge in [0.25, 0.3) is 5.56 Å². The fraction of sp³-hybridized carbons (Fsp3) is 0.444. The summed E-state index contributed by atoms with van der Waals surface area (Å²) < 4.78 is 17.7. The number of aromatic nitrogens is 2. The number of aliphatic hydroxyl groups excluding tert-OH is 2. The highest BCUT2D eigenvalue weighted by Gasteiger charge is 2.47. The molecule has 1 aromatic carbocycles. The summed E-state index contributed by atoms with van der Waals surface area (Å²) in [6.45, 7) is -0.396. The number of ether oxygens (including phenoxy) is 3. The largest absolute Gasteiger partial charge is 0.493 e. The summed E-state index contributed by atoms with van der Waals surface area (Å²) in [5, 5.41) is 19.8. The smallest absolute Gasteiger partial charge is 0.330 e. The van der Waals surface area contributed by atoms with Gasteiger partial charge in [0.15, 0.2) is 17.2 Å². The maximum atomic E-state index is 12.4. The molecule has 1 aliphatic heterocycles. The van der Waals surface area contributed by atoms with Gasteiger partial charge in [-0.1, -0.05) is 6.07 Å². The van der Waals surface area contributed by atoms with Gasteiger partial charge in [-0.15, -0.1) is 0 Å². The average molecular weight is 378 g/mol. The Labute approximate surface area is 154 Å². The molecule has 0 saturated carbocycles. The first-order chi connectivity index (χ1) is 12.9. The lowest BCUT2D eigenvalue weighted by molar-refractivity contribution is -0.119. The Morgan fingerprint density at radius 1 is 1.26 bits per heavy atom. The zero-order chi connectivity index (χ0) is 19.6. The number of H-pyrrole nitrogens is 1. The number of nitrogens with zero attached hydrogens (tertiary/aromatic N) is 1. The third-order valence-corrected chi connectivity index (χ3v) is 4.70. The van der Waals surface area contributed by atoms with Gasteiger partial charge in [-0.2, -0.15) is 0 Å². The summed E-state index contributed by atoms with van der Waals surface area (Å²) >= 11 is 0. The highest BCUT2D eigenvalue weighted by atomic mass is 16.6. The quantitative estimate of drug-likeness (QED) is 0.624. The van der Waals surface area contributed by atoms with Gasteiger partial charge in [-0.3, -0.25) is 14.3 Å². The van der Waals surface area contributed by atoms with E-state index >= 15 is 0 Å². The van der Waals surface area contributed by atoms with Crippen LogP contribution in [0.5, 0.6) is 11.5 Å². The summed E-state index contributed by atoms with van der Waals surface area (Å²) in [6, 6.07) is 6.48. The molecule has 0 radical (unpaired) electrons. The molecule has 9 nitrogen and oxygen atoms in total. The summed E-state index contributed by atoms with van der Waals surface area (Å²) in [5.74, 6) is 1.06. The topological polar surface area (TPSA) is 123 Å². The SMILES string of the molecule is COc1ccc(C[C@]2(n3ccc(=O)[nH]c3=O)C[C@H](O)[C@@H](CO)O2)cc1OC. The minimum Gasteiger partial charge on any atom is -0.493 e. The van der Waals surface area contributed by atoms with Gasteiger partial charge in [0.2, 0.25) is 0 Å². The summed E-state index contributed by atoms with van der Waals surface area (Å²) in [6.07, 6.45) is -0.210. The van der Waals surface area contributed by atoms with Crippen molar-refractivity contribution in [3.63, 3.8) is 0 Å². The van der Waals surface area contributed by atoms with Crippen LogP contribution in [0.1, 0.15) is 12.0 Å². The van der Waals surface area contributed by atoms with Crippen molar-refractivity contribution in [1.29, 1.82) is 0 Å². The molecule has 1 aromatic heterocycles. The van der Waals surface area contributed by atoms with Crippen molar-refractivity contribution < 1.29 is 24.4 Å². The van der Waals surface area contributed by atoms with E-state index in [0.29, 0.717) is 11.5 Å². The van der Waals surface area contributed by atoms with E-state index in [9.17, 15) is 19.8 Å². The maximum absolute atomic E-state index is 12.4.